The normalized spacial score (nSPS) is 11.1. The van der Waals surface area contributed by atoms with Crippen molar-refractivity contribution < 1.29 is 12.8 Å². The smallest absolute Gasteiger partial charge is 0.298 e. The first kappa shape index (κ1) is 12.8. The van der Waals surface area contributed by atoms with Crippen LogP contribution in [0.4, 0.5) is 10.1 Å². The van der Waals surface area contributed by atoms with E-state index in [-0.39, 0.29) is 10.7 Å². The van der Waals surface area contributed by atoms with Crippen LogP contribution in [0.1, 0.15) is 5.56 Å². The van der Waals surface area contributed by atoms with Crippen LogP contribution in [-0.2, 0) is 10.2 Å². The number of benzene rings is 1. The molecule has 0 saturated heterocycles. The molecule has 16 heavy (non-hydrogen) atoms. The molecular weight excluding hydrogens is 253 g/mol. The summed E-state index contributed by atoms with van der Waals surface area (Å²) >= 11 is 4.66. The highest BCUT2D eigenvalue weighted by molar-refractivity contribution is 7.90. The molecule has 88 valence electrons. The van der Waals surface area contributed by atoms with E-state index in [4.69, 9.17) is 5.73 Å². The average molecular weight is 263 g/mol. The Morgan fingerprint density at radius 3 is 2.56 bits per heavy atom. The van der Waals surface area contributed by atoms with Crippen LogP contribution in [-0.4, -0.2) is 20.5 Å². The van der Waals surface area contributed by atoms with E-state index in [1.807, 2.05) is 9.44 Å². The molecule has 0 aliphatic carbocycles. The summed E-state index contributed by atoms with van der Waals surface area (Å²) in [5.74, 6) is -0.746. The van der Waals surface area contributed by atoms with Crippen molar-refractivity contribution >= 4 is 33.1 Å². The fourth-order valence-corrected chi connectivity index (χ4v) is 1.63. The highest BCUT2D eigenvalue weighted by atomic mass is 32.2. The summed E-state index contributed by atoms with van der Waals surface area (Å²) in [6, 6.07) is 3.74. The third-order valence-corrected chi connectivity index (χ3v) is 3.03. The number of rotatable bonds is 4. The first-order chi connectivity index (χ1) is 7.35. The van der Waals surface area contributed by atoms with Gasteiger partial charge in [0.1, 0.15) is 10.8 Å². The summed E-state index contributed by atoms with van der Waals surface area (Å²) in [6.45, 7) is 0. The molecule has 0 atom stereocenters. The molecule has 0 bridgehead atoms. The summed E-state index contributed by atoms with van der Waals surface area (Å²) in [5.41, 5.74) is 5.46. The number of hydrogen-bond donors (Lipinski definition) is 3. The van der Waals surface area contributed by atoms with Crippen molar-refractivity contribution in [3.8, 4) is 0 Å². The molecule has 0 unspecified atom stereocenters. The monoisotopic (exact) mass is 263 g/mol. The van der Waals surface area contributed by atoms with Crippen molar-refractivity contribution in [2.45, 2.75) is 0 Å². The highest BCUT2D eigenvalue weighted by Gasteiger charge is 2.11. The fourth-order valence-electron chi connectivity index (χ4n) is 0.947. The predicted molar refractivity (Wildman–Crippen MR) is 63.9 cm³/mol. The SMILES string of the molecule is CNS(=O)(=O)Nc1ccc(C(N)=S)cc1F. The lowest BCUT2D eigenvalue weighted by Crippen LogP contribution is -2.26. The van der Waals surface area contributed by atoms with Gasteiger partial charge in [0.25, 0.3) is 10.2 Å². The van der Waals surface area contributed by atoms with Gasteiger partial charge in [-0.2, -0.15) is 8.42 Å². The fraction of sp³-hybridized carbons (Fsp3) is 0.125. The second kappa shape index (κ2) is 4.73. The van der Waals surface area contributed by atoms with E-state index in [9.17, 15) is 12.8 Å². The van der Waals surface area contributed by atoms with Crippen LogP contribution in [0, 0.1) is 5.82 Å². The van der Waals surface area contributed by atoms with Crippen LogP contribution in [0.25, 0.3) is 0 Å². The van der Waals surface area contributed by atoms with Crippen molar-refractivity contribution in [3.63, 3.8) is 0 Å². The Kier molecular flexibility index (Phi) is 3.79. The van der Waals surface area contributed by atoms with E-state index in [0.717, 1.165) is 6.07 Å². The Labute approximate surface area is 98.0 Å². The van der Waals surface area contributed by atoms with Crippen LogP contribution in [0.3, 0.4) is 0 Å². The largest absolute Gasteiger partial charge is 0.389 e. The zero-order valence-corrected chi connectivity index (χ0v) is 9.95. The van der Waals surface area contributed by atoms with Crippen molar-refractivity contribution in [1.82, 2.24) is 4.72 Å². The van der Waals surface area contributed by atoms with Crippen molar-refractivity contribution in [1.29, 1.82) is 0 Å². The van der Waals surface area contributed by atoms with E-state index in [0.29, 0.717) is 5.56 Å². The third kappa shape index (κ3) is 3.12. The van der Waals surface area contributed by atoms with Gasteiger partial charge in [-0.15, -0.1) is 0 Å². The average Bonchev–Trinajstić information content (AvgIpc) is 2.20. The highest BCUT2D eigenvalue weighted by Crippen LogP contribution is 2.16. The van der Waals surface area contributed by atoms with E-state index in [1.54, 1.807) is 0 Å². The Balaban J connectivity index is 3.05. The summed E-state index contributed by atoms with van der Waals surface area (Å²) in [7, 11) is -2.52. The Morgan fingerprint density at radius 2 is 2.12 bits per heavy atom. The van der Waals surface area contributed by atoms with Crippen LogP contribution >= 0.6 is 12.2 Å². The van der Waals surface area contributed by atoms with Crippen molar-refractivity contribution in [2.24, 2.45) is 5.73 Å². The number of halogens is 1. The first-order valence-electron chi connectivity index (χ1n) is 4.16. The van der Waals surface area contributed by atoms with E-state index in [1.165, 1.54) is 19.2 Å². The summed E-state index contributed by atoms with van der Waals surface area (Å²) < 4.78 is 39.6. The van der Waals surface area contributed by atoms with E-state index in [2.05, 4.69) is 12.2 Å². The van der Waals surface area contributed by atoms with Crippen molar-refractivity contribution in [2.75, 3.05) is 11.8 Å². The molecule has 1 aromatic carbocycles. The van der Waals surface area contributed by atoms with Gasteiger partial charge in [-0.1, -0.05) is 12.2 Å². The van der Waals surface area contributed by atoms with Crippen LogP contribution < -0.4 is 15.2 Å². The molecule has 0 fully saturated rings. The van der Waals surface area contributed by atoms with Gasteiger partial charge in [-0.25, -0.2) is 9.11 Å². The number of anilines is 1. The van der Waals surface area contributed by atoms with Gasteiger partial charge >= 0.3 is 0 Å². The molecule has 0 heterocycles. The van der Waals surface area contributed by atoms with Crippen molar-refractivity contribution in [3.05, 3.63) is 29.6 Å². The lowest BCUT2D eigenvalue weighted by atomic mass is 10.2. The molecule has 4 N–H and O–H groups in total. The minimum absolute atomic E-state index is 0.0434. The third-order valence-electron chi connectivity index (χ3n) is 1.77. The molecule has 0 saturated carbocycles. The minimum atomic E-state index is -3.73. The molecular formula is C8H10FN3O2S2. The summed E-state index contributed by atoms with van der Waals surface area (Å²) in [4.78, 5) is 0.0434. The Morgan fingerprint density at radius 1 is 1.50 bits per heavy atom. The molecule has 8 heteroatoms. The molecule has 0 aliphatic heterocycles. The van der Waals surface area contributed by atoms with Crippen LogP contribution in [0.5, 0.6) is 0 Å². The van der Waals surface area contributed by atoms with Gasteiger partial charge in [0.2, 0.25) is 0 Å². The number of nitrogens with two attached hydrogens (primary N) is 1. The second-order valence-corrected chi connectivity index (χ2v) is 4.93. The molecule has 5 nitrogen and oxygen atoms in total. The van der Waals surface area contributed by atoms with Crippen LogP contribution in [0.15, 0.2) is 18.2 Å². The topological polar surface area (TPSA) is 84.2 Å². The van der Waals surface area contributed by atoms with Gasteiger partial charge < -0.3 is 5.73 Å². The molecule has 0 radical (unpaired) electrons. The summed E-state index contributed by atoms with van der Waals surface area (Å²) in [6.07, 6.45) is 0. The predicted octanol–water partition coefficient (Wildman–Crippen LogP) is 0.336. The zero-order chi connectivity index (χ0) is 12.3. The van der Waals surface area contributed by atoms with Gasteiger partial charge in [-0.05, 0) is 18.2 Å². The number of hydrogen-bond acceptors (Lipinski definition) is 3. The number of thiocarbonyl (C=S) groups is 1. The molecule has 0 aliphatic rings. The molecule has 0 amide bonds. The van der Waals surface area contributed by atoms with Gasteiger partial charge in [0.15, 0.2) is 0 Å². The van der Waals surface area contributed by atoms with Crippen LogP contribution in [0.2, 0.25) is 0 Å². The second-order valence-electron chi connectivity index (χ2n) is 2.87. The maximum atomic E-state index is 13.4. The lowest BCUT2D eigenvalue weighted by Gasteiger charge is -2.08. The molecule has 0 aromatic heterocycles. The maximum Gasteiger partial charge on any atom is 0.298 e. The zero-order valence-electron chi connectivity index (χ0n) is 8.32. The van der Waals surface area contributed by atoms with Gasteiger partial charge in [-0.3, -0.25) is 4.72 Å². The quantitative estimate of drug-likeness (QED) is 0.684. The lowest BCUT2D eigenvalue weighted by molar-refractivity contribution is 0.591. The van der Waals surface area contributed by atoms with E-state index < -0.39 is 16.0 Å². The Hall–Kier alpha value is -1.25. The molecule has 1 aromatic rings. The molecule has 1 rings (SSSR count). The standard InChI is InChI=1S/C8H10FN3O2S2/c1-11-16(13,14)12-7-3-2-5(8(10)15)4-6(7)9/h2-4,11-12H,1H3,(H2,10,15). The minimum Gasteiger partial charge on any atom is -0.389 e. The maximum absolute atomic E-state index is 13.4. The van der Waals surface area contributed by atoms with E-state index >= 15 is 0 Å². The Bertz CT molecular complexity index is 516. The van der Waals surface area contributed by atoms with Gasteiger partial charge in [0.05, 0.1) is 5.69 Å². The number of nitrogens with one attached hydrogen (secondary N) is 2. The first-order valence-corrected chi connectivity index (χ1v) is 6.05. The van der Waals surface area contributed by atoms with Gasteiger partial charge in [0, 0.05) is 12.6 Å². The summed E-state index contributed by atoms with van der Waals surface area (Å²) in [5, 5.41) is 0. The molecule has 0 spiro atoms.